The summed E-state index contributed by atoms with van der Waals surface area (Å²) in [5.41, 5.74) is 17.7. The number of primary amides is 1. The molecule has 0 spiro atoms. The van der Waals surface area contributed by atoms with E-state index in [2.05, 4.69) is 35.3 Å². The summed E-state index contributed by atoms with van der Waals surface area (Å²) >= 11 is 0. The zero-order valence-electron chi connectivity index (χ0n) is 15.1. The van der Waals surface area contributed by atoms with E-state index in [0.717, 1.165) is 24.1 Å². The predicted octanol–water partition coefficient (Wildman–Crippen LogP) is 1.04. The third-order valence-corrected chi connectivity index (χ3v) is 4.35. The number of hydrazine groups is 1. The molecular formula is C18H28N6O. The van der Waals surface area contributed by atoms with Crippen LogP contribution in [0.15, 0.2) is 52.8 Å². The molecule has 2 aliphatic rings. The maximum atomic E-state index is 11.8. The molecule has 0 saturated heterocycles. The summed E-state index contributed by atoms with van der Waals surface area (Å²) in [6, 6.07) is -0.819. The molecule has 7 nitrogen and oxygen atoms in total. The Labute approximate surface area is 149 Å². The highest BCUT2D eigenvalue weighted by Gasteiger charge is 2.35. The van der Waals surface area contributed by atoms with Gasteiger partial charge in [0.05, 0.1) is 11.7 Å². The molecule has 2 rings (SSSR count). The largest absolute Gasteiger partial charge is 0.370 e. The Morgan fingerprint density at radius 3 is 2.80 bits per heavy atom. The Balaban J connectivity index is 2.42. The highest BCUT2D eigenvalue weighted by Crippen LogP contribution is 2.29. The number of allylic oxidation sites excluding steroid dienone is 1. The minimum atomic E-state index is -0.572. The number of aliphatic imine (C=N–C) groups is 1. The van der Waals surface area contributed by atoms with Gasteiger partial charge < -0.3 is 21.8 Å². The molecular weight excluding hydrogens is 316 g/mol. The number of nitrogens with zero attached hydrogens (tertiary/aromatic N) is 2. The number of nitrogens with one attached hydrogen (secondary N) is 2. The van der Waals surface area contributed by atoms with Gasteiger partial charge in [-0.3, -0.25) is 4.79 Å². The van der Waals surface area contributed by atoms with Gasteiger partial charge in [-0.1, -0.05) is 24.1 Å². The van der Waals surface area contributed by atoms with Crippen molar-refractivity contribution in [2.24, 2.45) is 16.5 Å². The Morgan fingerprint density at radius 2 is 2.28 bits per heavy atom. The lowest BCUT2D eigenvalue weighted by Gasteiger charge is -2.36. The quantitative estimate of drug-likeness (QED) is 0.516. The summed E-state index contributed by atoms with van der Waals surface area (Å²) in [6.45, 7) is 10.2. The van der Waals surface area contributed by atoms with Crippen molar-refractivity contribution < 1.29 is 4.79 Å². The van der Waals surface area contributed by atoms with Gasteiger partial charge in [0.2, 0.25) is 5.91 Å². The van der Waals surface area contributed by atoms with Crippen LogP contribution in [0, 0.1) is 0 Å². The van der Waals surface area contributed by atoms with Crippen molar-refractivity contribution in [3.05, 3.63) is 47.9 Å². The Kier molecular flexibility index (Phi) is 6.03. The number of carbonyl (C=O) groups is 1. The number of nitrogens with two attached hydrogens (primary N) is 2. The van der Waals surface area contributed by atoms with Crippen molar-refractivity contribution in [1.29, 1.82) is 0 Å². The molecule has 0 radical (unpaired) electrons. The molecule has 0 aromatic rings. The van der Waals surface area contributed by atoms with Gasteiger partial charge in [-0.05, 0) is 38.8 Å². The van der Waals surface area contributed by atoms with Crippen LogP contribution in [0.25, 0.3) is 0 Å². The zero-order chi connectivity index (χ0) is 18.6. The fraction of sp³-hybridized carbons (Fsp3) is 0.444. The minimum Gasteiger partial charge on any atom is -0.370 e. The lowest BCUT2D eigenvalue weighted by molar-refractivity contribution is -0.119. The smallest absolute Gasteiger partial charge is 0.240 e. The first-order valence-corrected chi connectivity index (χ1v) is 8.49. The van der Waals surface area contributed by atoms with Gasteiger partial charge in [-0.25, -0.2) is 10.4 Å². The van der Waals surface area contributed by atoms with Gasteiger partial charge in [0.1, 0.15) is 12.1 Å². The Bertz CT molecular complexity index is 660. The standard InChI is InChI=1S/C18H28N6O/c1-5-12(6-2)15(9-11(3)4)24-16(10-14(23-24)17(19)25)13-7-8-21-18(20)22-13/h5,7-8,10,13-15,23H,3,6,9H2,1-2,4H3,(H2,19,25)(H3,20,21,22)/b12-5-/t13?,14?,15-/m0/s1. The molecule has 6 N–H and O–H groups in total. The van der Waals surface area contributed by atoms with Crippen LogP contribution < -0.4 is 22.2 Å². The van der Waals surface area contributed by atoms with Crippen LogP contribution in [0.5, 0.6) is 0 Å². The number of carbonyl (C=O) groups excluding carboxylic acids is 1. The van der Waals surface area contributed by atoms with Gasteiger partial charge in [0.15, 0.2) is 5.96 Å². The fourth-order valence-electron chi connectivity index (χ4n) is 3.14. The minimum absolute atomic E-state index is 0.0304. The first-order chi connectivity index (χ1) is 11.9. The zero-order valence-corrected chi connectivity index (χ0v) is 15.1. The Hall–Kier alpha value is -2.54. The predicted molar refractivity (Wildman–Crippen MR) is 101 cm³/mol. The lowest BCUT2D eigenvalue weighted by atomic mass is 9.96. The monoisotopic (exact) mass is 344 g/mol. The highest BCUT2D eigenvalue weighted by atomic mass is 16.1. The number of guanidine groups is 1. The summed E-state index contributed by atoms with van der Waals surface area (Å²) in [6.07, 6.45) is 9.26. The van der Waals surface area contributed by atoms with E-state index in [9.17, 15) is 4.79 Å². The second-order valence-corrected chi connectivity index (χ2v) is 6.33. The molecule has 2 unspecified atom stereocenters. The molecule has 1 amide bonds. The van der Waals surface area contributed by atoms with Crippen molar-refractivity contribution in [2.45, 2.75) is 51.7 Å². The van der Waals surface area contributed by atoms with E-state index in [1.54, 1.807) is 6.20 Å². The van der Waals surface area contributed by atoms with Crippen LogP contribution in [0.2, 0.25) is 0 Å². The molecule has 2 aliphatic heterocycles. The van der Waals surface area contributed by atoms with Crippen LogP contribution in [0.3, 0.4) is 0 Å². The summed E-state index contributed by atoms with van der Waals surface area (Å²) in [7, 11) is 0. The van der Waals surface area contributed by atoms with Crippen molar-refractivity contribution in [1.82, 2.24) is 15.8 Å². The summed E-state index contributed by atoms with van der Waals surface area (Å²) in [5.74, 6) is -0.0865. The van der Waals surface area contributed by atoms with E-state index >= 15 is 0 Å². The summed E-state index contributed by atoms with van der Waals surface area (Å²) in [4.78, 5) is 16.2. The number of rotatable bonds is 7. The highest BCUT2D eigenvalue weighted by molar-refractivity contribution is 5.83. The summed E-state index contributed by atoms with van der Waals surface area (Å²) in [5, 5.41) is 4.85. The lowest BCUT2D eigenvalue weighted by Crippen LogP contribution is -2.50. The van der Waals surface area contributed by atoms with E-state index in [1.165, 1.54) is 5.57 Å². The van der Waals surface area contributed by atoms with Gasteiger partial charge in [-0.15, -0.1) is 6.58 Å². The van der Waals surface area contributed by atoms with Crippen LogP contribution in [0.1, 0.15) is 33.6 Å². The average molecular weight is 344 g/mol. The van der Waals surface area contributed by atoms with Crippen LogP contribution in [-0.2, 0) is 4.79 Å². The number of hydrogen-bond donors (Lipinski definition) is 4. The van der Waals surface area contributed by atoms with E-state index in [-0.39, 0.29) is 12.1 Å². The molecule has 0 aliphatic carbocycles. The van der Waals surface area contributed by atoms with Crippen molar-refractivity contribution in [3.8, 4) is 0 Å². The number of hydrogen-bond acceptors (Lipinski definition) is 6. The Morgan fingerprint density at radius 1 is 1.56 bits per heavy atom. The van der Waals surface area contributed by atoms with Crippen molar-refractivity contribution >= 4 is 11.9 Å². The normalized spacial score (nSPS) is 24.4. The van der Waals surface area contributed by atoms with E-state index in [4.69, 9.17) is 11.5 Å². The first-order valence-electron chi connectivity index (χ1n) is 8.49. The van der Waals surface area contributed by atoms with Crippen molar-refractivity contribution in [2.75, 3.05) is 0 Å². The van der Waals surface area contributed by atoms with E-state index in [1.807, 2.05) is 31.0 Å². The van der Waals surface area contributed by atoms with E-state index < -0.39 is 11.9 Å². The molecule has 7 heteroatoms. The van der Waals surface area contributed by atoms with Crippen LogP contribution >= 0.6 is 0 Å². The molecule has 0 bridgehead atoms. The molecule has 0 saturated carbocycles. The van der Waals surface area contributed by atoms with Gasteiger partial charge in [0, 0.05) is 6.20 Å². The molecule has 25 heavy (non-hydrogen) atoms. The molecule has 3 atom stereocenters. The maximum Gasteiger partial charge on any atom is 0.240 e. The summed E-state index contributed by atoms with van der Waals surface area (Å²) < 4.78 is 0. The van der Waals surface area contributed by atoms with Crippen LogP contribution in [-0.4, -0.2) is 35.0 Å². The fourth-order valence-corrected chi connectivity index (χ4v) is 3.14. The van der Waals surface area contributed by atoms with Gasteiger partial charge in [0.25, 0.3) is 0 Å². The SMILES string of the molecule is C=C(C)C[C@@H](/C(=C\C)CC)N1NC(C(N)=O)C=C1C1C=CNC(N)=N1. The van der Waals surface area contributed by atoms with E-state index in [0.29, 0.717) is 5.96 Å². The molecule has 0 aromatic heterocycles. The number of amides is 1. The topological polar surface area (TPSA) is 109 Å². The third-order valence-electron chi connectivity index (χ3n) is 4.35. The van der Waals surface area contributed by atoms with Gasteiger partial charge in [-0.2, -0.15) is 0 Å². The third kappa shape index (κ3) is 4.30. The second kappa shape index (κ2) is 8.02. The van der Waals surface area contributed by atoms with Crippen molar-refractivity contribution in [3.63, 3.8) is 0 Å². The maximum absolute atomic E-state index is 11.8. The molecule has 0 aromatic carbocycles. The second-order valence-electron chi connectivity index (χ2n) is 6.33. The molecule has 136 valence electrons. The van der Waals surface area contributed by atoms with Crippen LogP contribution in [0.4, 0.5) is 0 Å². The molecule has 0 fully saturated rings. The first kappa shape index (κ1) is 18.8. The van der Waals surface area contributed by atoms with Gasteiger partial charge >= 0.3 is 0 Å². The molecule has 2 heterocycles. The average Bonchev–Trinajstić information content (AvgIpc) is 3.00.